The molecular formula is C62H62N22O9. The van der Waals surface area contributed by atoms with Crippen LogP contribution in [0.4, 0.5) is 34.5 Å². The summed E-state index contributed by atoms with van der Waals surface area (Å²) in [4.78, 5) is 87.9. The first kappa shape index (κ1) is 63.8. The Morgan fingerprint density at radius 3 is 1.09 bits per heavy atom. The van der Waals surface area contributed by atoms with E-state index in [0.717, 1.165) is 29.4 Å². The fourth-order valence-electron chi connectivity index (χ4n) is 9.57. The molecule has 0 fully saturated rings. The number of nitrogens with one attached hydrogen (secondary N) is 3. The van der Waals surface area contributed by atoms with Gasteiger partial charge in [0.1, 0.15) is 0 Å². The lowest BCUT2D eigenvalue weighted by atomic mass is 10.1. The SMILES string of the molecule is C[C@H](N)C(=O)Nc1ccc(C(=O)Cn2c(-c3nonc3N)nc3ccccc32)cc1.NCC(=O)Nc1ccc(C(=O)Cn2c(-c3nonc3N)nc3ccccc32)cc1.NCCCC[C@H](N)C(=O)Nc1ccc(C(=O)Cn2c(-c3nonc3N)nc3ccccc32)cc1. The molecule has 0 saturated carbocycles. The fraction of sp³-hybridized carbons (Fsp3) is 0.177. The number of amides is 3. The lowest BCUT2D eigenvalue weighted by Gasteiger charge is -2.12. The van der Waals surface area contributed by atoms with Crippen LogP contribution in [-0.2, 0) is 34.0 Å². The van der Waals surface area contributed by atoms with Gasteiger partial charge in [-0.05, 0) is 166 Å². The van der Waals surface area contributed by atoms with E-state index in [1.807, 2.05) is 72.8 Å². The first-order valence-electron chi connectivity index (χ1n) is 28.8. The quantitative estimate of drug-likeness (QED) is 0.0306. The average molecular weight is 1260 g/mol. The maximum Gasteiger partial charge on any atom is 0.241 e. The Hall–Kier alpha value is -12.2. The van der Waals surface area contributed by atoms with Gasteiger partial charge in [-0.1, -0.05) is 42.8 Å². The second kappa shape index (κ2) is 29.0. The number of benzene rings is 6. The first-order valence-corrected chi connectivity index (χ1v) is 28.8. The highest BCUT2D eigenvalue weighted by Gasteiger charge is 2.25. The molecule has 0 bridgehead atoms. The number of anilines is 6. The number of aromatic nitrogens is 12. The summed E-state index contributed by atoms with van der Waals surface area (Å²) in [6, 6.07) is 40.8. The summed E-state index contributed by atoms with van der Waals surface area (Å²) in [5.41, 5.74) is 48.0. The number of ketones is 3. The highest BCUT2D eigenvalue weighted by Crippen LogP contribution is 2.31. The molecule has 0 aliphatic heterocycles. The predicted molar refractivity (Wildman–Crippen MR) is 344 cm³/mol. The third kappa shape index (κ3) is 14.9. The number of unbranched alkanes of at least 4 members (excludes halogenated alkanes) is 1. The molecule has 2 atom stereocenters. The minimum Gasteiger partial charge on any atom is -0.379 e. The molecule has 93 heavy (non-hydrogen) atoms. The van der Waals surface area contributed by atoms with E-state index in [1.54, 1.807) is 93.4 Å². The highest BCUT2D eigenvalue weighted by molar-refractivity contribution is 6.01. The van der Waals surface area contributed by atoms with Crippen molar-refractivity contribution in [2.24, 2.45) is 22.9 Å². The van der Waals surface area contributed by atoms with Crippen LogP contribution in [0.15, 0.2) is 159 Å². The van der Waals surface area contributed by atoms with Gasteiger partial charge in [0, 0.05) is 33.8 Å². The van der Waals surface area contributed by atoms with Crippen LogP contribution in [0.2, 0.25) is 0 Å². The van der Waals surface area contributed by atoms with Crippen LogP contribution in [0.5, 0.6) is 0 Å². The third-order valence-electron chi connectivity index (χ3n) is 14.4. The molecule has 12 aromatic rings. The lowest BCUT2D eigenvalue weighted by Crippen LogP contribution is -2.35. The number of hydrogen-bond acceptors (Lipinski definition) is 25. The van der Waals surface area contributed by atoms with Crippen LogP contribution in [0, 0.1) is 0 Å². The molecule has 0 aliphatic rings. The summed E-state index contributed by atoms with van der Waals surface area (Å²) in [5, 5.41) is 30.4. The van der Waals surface area contributed by atoms with Crippen molar-refractivity contribution in [1.82, 2.24) is 59.6 Å². The van der Waals surface area contributed by atoms with Crippen molar-refractivity contribution in [2.75, 3.05) is 46.2 Å². The Kier molecular flexibility index (Phi) is 19.9. The summed E-state index contributed by atoms with van der Waals surface area (Å²) < 4.78 is 19.3. The summed E-state index contributed by atoms with van der Waals surface area (Å²) in [6.45, 7) is 2.07. The zero-order chi connectivity index (χ0) is 65.7. The zero-order valence-corrected chi connectivity index (χ0v) is 49.8. The van der Waals surface area contributed by atoms with E-state index in [2.05, 4.69) is 66.5 Å². The molecule has 31 heteroatoms. The number of nitrogens with zero attached hydrogens (tertiary/aromatic N) is 12. The van der Waals surface area contributed by atoms with Crippen molar-refractivity contribution in [2.45, 2.75) is 57.9 Å². The normalized spacial score (nSPS) is 11.7. The number of nitrogens with two attached hydrogens (primary N) is 7. The molecule has 17 N–H and O–H groups in total. The van der Waals surface area contributed by atoms with Crippen molar-refractivity contribution in [3.05, 3.63) is 162 Å². The van der Waals surface area contributed by atoms with Crippen LogP contribution in [-0.4, -0.2) is 120 Å². The van der Waals surface area contributed by atoms with Gasteiger partial charge in [0.15, 0.2) is 69.4 Å². The topological polar surface area (TPSA) is 491 Å². The molecule has 0 spiro atoms. The van der Waals surface area contributed by atoms with Gasteiger partial charge in [0.05, 0.1) is 71.4 Å². The second-order valence-corrected chi connectivity index (χ2v) is 20.9. The summed E-state index contributed by atoms with van der Waals surface area (Å²) in [6.07, 6.45) is 2.18. The monoisotopic (exact) mass is 1260 g/mol. The summed E-state index contributed by atoms with van der Waals surface area (Å²) in [7, 11) is 0. The standard InChI is InChI=1S/C23H26N8O3.C20H19N7O3.C19H17N7O3/c24-12-4-3-5-16(25)23(33)27-15-10-8-14(9-11-15)19(32)13-31-18-7-2-1-6-17(18)28-22(31)20-21(26)30-34-29-20;1-11(21)20(29)23-13-8-6-12(7-9-13)16(28)10-27-15-5-3-2-4-14(15)24-19(27)17-18(22)26-30-25-17;20-9-16(28)22-12-7-5-11(6-8-12)15(27)10-26-14-4-2-1-3-13(14)23-19(26)17-18(21)25-29-24-17/h1-2,6-11,16H,3-5,12-13,24-25H2,(H2,26,30)(H,27,33);2-9,11H,10,21H2,1H3,(H2,22,26)(H,23,29);1-8H,9-10,20H2,(H2,21,25)(H,22,28)/t16-;11-;/m00./s1. The second-order valence-electron chi connectivity index (χ2n) is 20.9. The van der Waals surface area contributed by atoms with Crippen molar-refractivity contribution in [3.8, 4) is 34.6 Å². The number of nitrogen functional groups attached to an aromatic ring is 3. The van der Waals surface area contributed by atoms with Crippen LogP contribution in [0.25, 0.3) is 67.7 Å². The van der Waals surface area contributed by atoms with Gasteiger partial charge in [-0.15, -0.1) is 0 Å². The van der Waals surface area contributed by atoms with E-state index in [4.69, 9.17) is 49.4 Å². The van der Waals surface area contributed by atoms with Gasteiger partial charge in [-0.2, -0.15) is 0 Å². The molecule has 474 valence electrons. The number of hydrogen-bond donors (Lipinski definition) is 10. The van der Waals surface area contributed by atoms with Gasteiger partial charge in [-0.3, -0.25) is 28.8 Å². The Morgan fingerprint density at radius 2 is 0.774 bits per heavy atom. The zero-order valence-electron chi connectivity index (χ0n) is 49.8. The third-order valence-corrected chi connectivity index (χ3v) is 14.4. The first-order chi connectivity index (χ1) is 45.0. The van der Waals surface area contributed by atoms with Crippen LogP contribution in [0.3, 0.4) is 0 Å². The molecule has 0 saturated heterocycles. The Bertz CT molecular complexity index is 4640. The van der Waals surface area contributed by atoms with Crippen LogP contribution in [0.1, 0.15) is 57.3 Å². The van der Waals surface area contributed by atoms with E-state index in [-0.39, 0.29) is 95.8 Å². The lowest BCUT2D eigenvalue weighted by molar-refractivity contribution is -0.118. The van der Waals surface area contributed by atoms with E-state index in [1.165, 1.54) is 0 Å². The smallest absolute Gasteiger partial charge is 0.241 e. The molecule has 31 nitrogen and oxygen atoms in total. The number of rotatable bonds is 22. The van der Waals surface area contributed by atoms with Crippen molar-refractivity contribution in [3.63, 3.8) is 0 Å². The predicted octanol–water partition coefficient (Wildman–Crippen LogP) is 5.23. The number of Topliss-reactive ketones (excluding diaryl/α,β-unsaturated/α-hetero) is 3. The molecule has 3 amide bonds. The summed E-state index contributed by atoms with van der Waals surface area (Å²) in [5.74, 6) is 0.100. The van der Waals surface area contributed by atoms with Gasteiger partial charge in [0.2, 0.25) is 17.7 Å². The number of carbonyl (C=O) groups excluding carboxylic acids is 6. The van der Waals surface area contributed by atoms with Gasteiger partial charge < -0.3 is 69.8 Å². The van der Waals surface area contributed by atoms with E-state index < -0.39 is 12.1 Å². The molecule has 6 aromatic heterocycles. The van der Waals surface area contributed by atoms with Gasteiger partial charge >= 0.3 is 0 Å². The van der Waals surface area contributed by atoms with E-state index >= 15 is 0 Å². The molecule has 6 aromatic carbocycles. The van der Waals surface area contributed by atoms with Crippen molar-refractivity contribution < 1.29 is 42.7 Å². The molecule has 12 rings (SSSR count). The van der Waals surface area contributed by atoms with Crippen LogP contribution >= 0.6 is 0 Å². The van der Waals surface area contributed by atoms with E-state index in [9.17, 15) is 28.8 Å². The van der Waals surface area contributed by atoms with E-state index in [0.29, 0.717) is 80.7 Å². The van der Waals surface area contributed by atoms with Gasteiger partial charge in [0.25, 0.3) is 0 Å². The highest BCUT2D eigenvalue weighted by atomic mass is 16.6. The Morgan fingerprint density at radius 1 is 0.441 bits per heavy atom. The molecule has 0 unspecified atom stereocenters. The van der Waals surface area contributed by atoms with Crippen molar-refractivity contribution >= 4 is 103 Å². The Balaban J connectivity index is 0.000000153. The molecule has 6 heterocycles. The molecular weight excluding hydrogens is 1200 g/mol. The maximum absolute atomic E-state index is 13.1. The Labute approximate surface area is 526 Å². The minimum atomic E-state index is -0.627. The molecule has 0 aliphatic carbocycles. The average Bonchev–Trinajstić information content (AvgIpc) is 1.67. The minimum absolute atomic E-state index is 0.000130. The number of carbonyl (C=O) groups is 6. The molecule has 0 radical (unpaired) electrons. The van der Waals surface area contributed by atoms with Crippen LogP contribution < -0.4 is 56.1 Å². The maximum atomic E-state index is 13.1. The fourth-order valence-corrected chi connectivity index (χ4v) is 9.57. The van der Waals surface area contributed by atoms with Crippen molar-refractivity contribution in [1.29, 1.82) is 0 Å². The number of imidazole rings is 3. The van der Waals surface area contributed by atoms with Gasteiger partial charge in [-0.25, -0.2) is 28.8 Å². The number of fused-ring (bicyclic) bond motifs is 3. The summed E-state index contributed by atoms with van der Waals surface area (Å²) >= 11 is 0. The number of para-hydroxylation sites is 6. The largest absolute Gasteiger partial charge is 0.379 e.